The van der Waals surface area contributed by atoms with Crippen molar-refractivity contribution in [3.05, 3.63) is 59.7 Å². The summed E-state index contributed by atoms with van der Waals surface area (Å²) in [7, 11) is 0. The van der Waals surface area contributed by atoms with Gasteiger partial charge in [0, 0.05) is 19.0 Å². The zero-order valence-electron chi connectivity index (χ0n) is 14.5. The molecule has 0 aliphatic carbocycles. The van der Waals surface area contributed by atoms with Crippen LogP contribution in [0, 0.1) is 6.92 Å². The number of hydrogen-bond acceptors (Lipinski definition) is 3. The number of amides is 2. The van der Waals surface area contributed by atoms with Crippen LogP contribution >= 0.6 is 0 Å². The van der Waals surface area contributed by atoms with Crippen molar-refractivity contribution in [1.82, 2.24) is 5.32 Å². The van der Waals surface area contributed by atoms with Gasteiger partial charge in [-0.15, -0.1) is 0 Å². The van der Waals surface area contributed by atoms with Gasteiger partial charge in [-0.1, -0.05) is 36.4 Å². The highest BCUT2D eigenvalue weighted by molar-refractivity contribution is 6.06. The van der Waals surface area contributed by atoms with Gasteiger partial charge < -0.3 is 15.0 Å². The van der Waals surface area contributed by atoms with E-state index >= 15 is 0 Å². The quantitative estimate of drug-likeness (QED) is 0.824. The van der Waals surface area contributed by atoms with Gasteiger partial charge >= 0.3 is 0 Å². The van der Waals surface area contributed by atoms with Gasteiger partial charge in [-0.25, -0.2) is 0 Å². The van der Waals surface area contributed by atoms with Crippen LogP contribution in [-0.4, -0.2) is 25.0 Å². The highest BCUT2D eigenvalue weighted by Crippen LogP contribution is 2.38. The standard InChI is InChI=1S/C20H22N2O3/c1-14-8-6-11-17-18(21-15(2)23)20(24)22(19(14)17)12-7-13-25-16-9-4-3-5-10-16/h3-6,8-11,18H,7,12-13H2,1-2H3,(H,21,23)/t18-/m0/s1. The van der Waals surface area contributed by atoms with Crippen molar-refractivity contribution in [2.75, 3.05) is 18.1 Å². The SMILES string of the molecule is CC(=O)N[C@@H]1C(=O)N(CCCOc2ccccc2)c2c(C)cccc21. The summed E-state index contributed by atoms with van der Waals surface area (Å²) in [6, 6.07) is 14.8. The van der Waals surface area contributed by atoms with Gasteiger partial charge in [-0.2, -0.15) is 0 Å². The number of para-hydroxylation sites is 2. The highest BCUT2D eigenvalue weighted by Gasteiger charge is 2.38. The number of benzene rings is 2. The van der Waals surface area contributed by atoms with Crippen LogP contribution in [0.3, 0.4) is 0 Å². The Balaban J connectivity index is 1.69. The molecule has 1 heterocycles. The lowest BCUT2D eigenvalue weighted by Crippen LogP contribution is -2.37. The van der Waals surface area contributed by atoms with Crippen LogP contribution < -0.4 is 15.0 Å². The summed E-state index contributed by atoms with van der Waals surface area (Å²) in [5.41, 5.74) is 2.80. The van der Waals surface area contributed by atoms with Crippen LogP contribution in [0.5, 0.6) is 5.75 Å². The lowest BCUT2D eigenvalue weighted by molar-refractivity contribution is -0.126. The average Bonchev–Trinajstić information content (AvgIpc) is 2.86. The fourth-order valence-corrected chi connectivity index (χ4v) is 3.18. The van der Waals surface area contributed by atoms with Crippen molar-refractivity contribution in [1.29, 1.82) is 0 Å². The predicted molar refractivity (Wildman–Crippen MR) is 96.6 cm³/mol. The molecule has 2 amide bonds. The molecule has 1 aliphatic rings. The third kappa shape index (κ3) is 3.65. The van der Waals surface area contributed by atoms with Gasteiger partial charge in [0.15, 0.2) is 0 Å². The predicted octanol–water partition coefficient (Wildman–Crippen LogP) is 2.99. The van der Waals surface area contributed by atoms with Crippen LogP contribution in [0.4, 0.5) is 5.69 Å². The van der Waals surface area contributed by atoms with Crippen LogP contribution in [0.2, 0.25) is 0 Å². The minimum atomic E-state index is -0.595. The van der Waals surface area contributed by atoms with Gasteiger partial charge in [0.05, 0.1) is 12.3 Å². The lowest BCUT2D eigenvalue weighted by atomic mass is 10.1. The Morgan fingerprint density at radius 1 is 1.16 bits per heavy atom. The number of hydrogen-bond donors (Lipinski definition) is 1. The monoisotopic (exact) mass is 338 g/mol. The first-order valence-electron chi connectivity index (χ1n) is 8.44. The topological polar surface area (TPSA) is 58.6 Å². The maximum absolute atomic E-state index is 12.8. The van der Waals surface area contributed by atoms with E-state index in [2.05, 4.69) is 5.32 Å². The summed E-state index contributed by atoms with van der Waals surface area (Å²) in [4.78, 5) is 26.0. The van der Waals surface area contributed by atoms with E-state index in [1.54, 1.807) is 4.90 Å². The van der Waals surface area contributed by atoms with Crippen molar-refractivity contribution in [3.63, 3.8) is 0 Å². The molecule has 25 heavy (non-hydrogen) atoms. The van der Waals surface area contributed by atoms with E-state index in [4.69, 9.17) is 4.74 Å². The summed E-state index contributed by atoms with van der Waals surface area (Å²) in [6.07, 6.45) is 0.710. The number of carbonyl (C=O) groups is 2. The van der Waals surface area contributed by atoms with Crippen molar-refractivity contribution in [2.45, 2.75) is 26.3 Å². The molecule has 0 bridgehead atoms. The molecule has 0 saturated carbocycles. The molecular weight excluding hydrogens is 316 g/mol. The molecule has 0 spiro atoms. The van der Waals surface area contributed by atoms with Crippen LogP contribution in [0.1, 0.15) is 30.5 Å². The second-order valence-electron chi connectivity index (χ2n) is 6.15. The first-order valence-corrected chi connectivity index (χ1v) is 8.44. The highest BCUT2D eigenvalue weighted by atomic mass is 16.5. The van der Waals surface area contributed by atoms with Crippen LogP contribution in [0.15, 0.2) is 48.5 Å². The number of fused-ring (bicyclic) bond motifs is 1. The van der Waals surface area contributed by atoms with Crippen LogP contribution in [-0.2, 0) is 9.59 Å². The molecule has 2 aromatic rings. The summed E-state index contributed by atoms with van der Waals surface area (Å²) < 4.78 is 5.70. The van der Waals surface area contributed by atoms with Crippen LogP contribution in [0.25, 0.3) is 0 Å². The molecule has 1 aliphatic heterocycles. The number of nitrogens with zero attached hydrogens (tertiary/aromatic N) is 1. The summed E-state index contributed by atoms with van der Waals surface area (Å²) in [5, 5.41) is 2.76. The van der Waals surface area contributed by atoms with Gasteiger partial charge in [0.25, 0.3) is 5.91 Å². The Morgan fingerprint density at radius 2 is 1.92 bits per heavy atom. The lowest BCUT2D eigenvalue weighted by Gasteiger charge is -2.19. The summed E-state index contributed by atoms with van der Waals surface area (Å²) >= 11 is 0. The molecular formula is C20H22N2O3. The first-order chi connectivity index (χ1) is 12.1. The van der Waals surface area contributed by atoms with Crippen molar-refractivity contribution in [2.24, 2.45) is 0 Å². The molecule has 0 saturated heterocycles. The fraction of sp³-hybridized carbons (Fsp3) is 0.300. The summed E-state index contributed by atoms with van der Waals surface area (Å²) in [5.74, 6) is 0.530. The van der Waals surface area contributed by atoms with E-state index in [0.717, 1.165) is 22.6 Å². The summed E-state index contributed by atoms with van der Waals surface area (Å²) in [6.45, 7) is 4.49. The number of nitrogens with one attached hydrogen (secondary N) is 1. The minimum absolute atomic E-state index is 0.0841. The Kier molecular flexibility index (Phi) is 5.03. The van der Waals surface area contributed by atoms with Gasteiger partial charge in [0.1, 0.15) is 11.8 Å². The van der Waals surface area contributed by atoms with E-state index in [0.29, 0.717) is 19.6 Å². The normalized spacial score (nSPS) is 15.8. The van der Waals surface area contributed by atoms with Gasteiger partial charge in [-0.3, -0.25) is 9.59 Å². The third-order valence-electron chi connectivity index (χ3n) is 4.25. The molecule has 3 rings (SSSR count). The van der Waals surface area contributed by atoms with E-state index in [1.807, 2.05) is 55.5 Å². The zero-order chi connectivity index (χ0) is 17.8. The third-order valence-corrected chi connectivity index (χ3v) is 4.25. The second kappa shape index (κ2) is 7.38. The molecule has 0 aromatic heterocycles. The number of carbonyl (C=O) groups excluding carboxylic acids is 2. The van der Waals surface area contributed by atoms with Gasteiger partial charge in [-0.05, 0) is 31.0 Å². The molecule has 130 valence electrons. The van der Waals surface area contributed by atoms with Gasteiger partial charge in [0.2, 0.25) is 5.91 Å². The van der Waals surface area contributed by atoms with E-state index in [1.165, 1.54) is 6.92 Å². The van der Waals surface area contributed by atoms with Crippen molar-refractivity contribution in [3.8, 4) is 5.75 Å². The number of ether oxygens (including phenoxy) is 1. The van der Waals surface area contributed by atoms with Crippen molar-refractivity contribution < 1.29 is 14.3 Å². The second-order valence-corrected chi connectivity index (χ2v) is 6.15. The molecule has 0 unspecified atom stereocenters. The maximum Gasteiger partial charge on any atom is 0.254 e. The Morgan fingerprint density at radius 3 is 2.64 bits per heavy atom. The van der Waals surface area contributed by atoms with E-state index < -0.39 is 6.04 Å². The zero-order valence-corrected chi connectivity index (χ0v) is 14.5. The van der Waals surface area contributed by atoms with E-state index in [9.17, 15) is 9.59 Å². The first kappa shape index (κ1) is 17.0. The largest absolute Gasteiger partial charge is 0.494 e. The molecule has 0 radical (unpaired) electrons. The molecule has 2 aromatic carbocycles. The van der Waals surface area contributed by atoms with Crippen molar-refractivity contribution >= 4 is 17.5 Å². The minimum Gasteiger partial charge on any atom is -0.494 e. The fourth-order valence-electron chi connectivity index (χ4n) is 3.18. The van der Waals surface area contributed by atoms with E-state index in [-0.39, 0.29) is 11.8 Å². The number of anilines is 1. The molecule has 5 nitrogen and oxygen atoms in total. The maximum atomic E-state index is 12.8. The molecule has 1 atom stereocenters. The Hall–Kier alpha value is -2.82. The molecule has 0 fully saturated rings. The molecule has 5 heteroatoms. The Bertz CT molecular complexity index is 774. The smallest absolute Gasteiger partial charge is 0.254 e. The average molecular weight is 338 g/mol. The number of rotatable bonds is 6. The number of aryl methyl sites for hydroxylation is 1. The Labute approximate surface area is 147 Å². The molecule has 1 N–H and O–H groups in total.